The quantitative estimate of drug-likeness (QED) is 0.104. The zero-order chi connectivity index (χ0) is 54.2. The maximum absolute atomic E-state index is 14.1. The molecule has 0 aliphatic carbocycles. The molecule has 0 radical (unpaired) electrons. The first kappa shape index (κ1) is 61.8. The monoisotopic (exact) mass is 1040 g/mol. The molecule has 4 rings (SSSR count). The Balaban J connectivity index is 1.85. The molecule has 416 valence electrons. The lowest BCUT2D eigenvalue weighted by molar-refractivity contribution is -0.320. The normalized spacial score (nSPS) is 34.3. The molecule has 3 saturated heterocycles. The van der Waals surface area contributed by atoms with Gasteiger partial charge < -0.3 is 62.1 Å². The molecule has 73 heavy (non-hydrogen) atoms. The Morgan fingerprint density at radius 2 is 1.53 bits per heavy atom. The van der Waals surface area contributed by atoms with Gasteiger partial charge in [-0.05, 0) is 91.4 Å². The summed E-state index contributed by atoms with van der Waals surface area (Å²) in [6, 6.07) is 9.42. The lowest BCUT2D eigenvalue weighted by Gasteiger charge is -2.53. The molecule has 3 heterocycles. The van der Waals surface area contributed by atoms with Crippen LogP contribution in [0.3, 0.4) is 0 Å². The van der Waals surface area contributed by atoms with Gasteiger partial charge in [0.2, 0.25) is 0 Å². The van der Waals surface area contributed by atoms with Gasteiger partial charge in [0.05, 0.1) is 36.9 Å². The maximum atomic E-state index is 14.1. The summed E-state index contributed by atoms with van der Waals surface area (Å²) in [5.74, 6) is -4.44. The molecule has 3 aliphatic rings. The predicted molar refractivity (Wildman–Crippen MR) is 268 cm³/mol. The number of nitrogens with zero attached hydrogens (tertiary/aromatic N) is 2. The Hall–Kier alpha value is -3.79. The molecule has 1 N–H and O–H groups in total. The molecule has 0 unspecified atom stereocenters. The van der Waals surface area contributed by atoms with Gasteiger partial charge in [-0.2, -0.15) is 0 Å². The first-order valence-corrected chi connectivity index (χ1v) is 26.2. The fraction of sp³-hybridized carbons (Fsp3) is 0.796. The van der Waals surface area contributed by atoms with Crippen LogP contribution in [0.5, 0.6) is 0 Å². The highest BCUT2D eigenvalue weighted by Crippen LogP contribution is 2.44. The van der Waals surface area contributed by atoms with E-state index in [9.17, 15) is 29.1 Å². The van der Waals surface area contributed by atoms with Crippen LogP contribution in [0.15, 0.2) is 30.3 Å². The van der Waals surface area contributed by atoms with Crippen molar-refractivity contribution in [2.45, 2.75) is 205 Å². The molecule has 0 spiro atoms. The van der Waals surface area contributed by atoms with Gasteiger partial charge in [0, 0.05) is 79.9 Å². The summed E-state index contributed by atoms with van der Waals surface area (Å²) < 4.78 is 68.4. The van der Waals surface area contributed by atoms with Gasteiger partial charge in [-0.1, -0.05) is 51.1 Å². The van der Waals surface area contributed by atoms with Crippen LogP contribution in [0, 0.1) is 17.8 Å². The van der Waals surface area contributed by atoms with Crippen molar-refractivity contribution in [2.24, 2.45) is 17.8 Å². The zero-order valence-electron chi connectivity index (χ0n) is 46.0. The predicted octanol–water partition coefficient (Wildman–Crippen LogP) is 5.42. The fourth-order valence-corrected chi connectivity index (χ4v) is 11.1. The number of benzene rings is 1. The number of hydrogen-bond donors (Lipinski definition) is 1. The Morgan fingerprint density at radius 3 is 2.12 bits per heavy atom. The summed E-state index contributed by atoms with van der Waals surface area (Å²) in [5, 5.41) is 13.0. The number of carbonyl (C=O) groups excluding carboxylic acids is 5. The minimum atomic E-state index is -1.35. The number of aryl methyl sites for hydroxylation is 1. The van der Waals surface area contributed by atoms with Crippen molar-refractivity contribution in [3.8, 4) is 0 Å². The Labute approximate surface area is 433 Å². The number of aliphatic hydroxyl groups excluding tert-OH is 1. The second-order valence-corrected chi connectivity index (χ2v) is 20.6. The van der Waals surface area contributed by atoms with E-state index in [1.807, 2.05) is 43.9 Å². The Morgan fingerprint density at radius 1 is 0.877 bits per heavy atom. The van der Waals surface area contributed by atoms with Crippen molar-refractivity contribution >= 4 is 29.8 Å². The number of ether oxygens (including phenoxy) is 11. The lowest BCUT2D eigenvalue weighted by Crippen LogP contribution is -2.67. The number of carbonyl (C=O) groups is 5. The molecule has 1 aromatic rings. The summed E-state index contributed by atoms with van der Waals surface area (Å²) in [7, 11) is 8.13. The van der Waals surface area contributed by atoms with Crippen molar-refractivity contribution in [3.63, 3.8) is 0 Å². The summed E-state index contributed by atoms with van der Waals surface area (Å²) in [6.07, 6.45) is -8.59. The lowest BCUT2D eigenvalue weighted by atomic mass is 9.70. The van der Waals surface area contributed by atoms with Gasteiger partial charge in [0.15, 0.2) is 24.3 Å². The average molecular weight is 1040 g/mol. The minimum absolute atomic E-state index is 0.00452. The second kappa shape index (κ2) is 29.5. The molecular weight excluding hydrogens is 949 g/mol. The highest BCUT2D eigenvalue weighted by molar-refractivity contribution is 5.73. The Kier molecular flexibility index (Phi) is 25.0. The number of rotatable bonds is 19. The van der Waals surface area contributed by atoms with E-state index in [0.717, 1.165) is 12.8 Å². The van der Waals surface area contributed by atoms with Gasteiger partial charge in [0.25, 0.3) is 0 Å². The van der Waals surface area contributed by atoms with Crippen LogP contribution >= 0.6 is 0 Å². The van der Waals surface area contributed by atoms with Crippen LogP contribution in [0.4, 0.5) is 0 Å². The van der Waals surface area contributed by atoms with Crippen LogP contribution in [0.25, 0.3) is 0 Å². The van der Waals surface area contributed by atoms with E-state index in [-0.39, 0.29) is 38.0 Å². The molecule has 19 heteroatoms. The number of likely N-dealkylation sites (N-methyl/N-ethyl adjacent to an activating group) is 1. The van der Waals surface area contributed by atoms with Gasteiger partial charge in [-0.25, -0.2) is 0 Å². The molecule has 0 amide bonds. The smallest absolute Gasteiger partial charge is 0.309 e. The minimum Gasteiger partial charge on any atom is -0.463 e. The fourth-order valence-electron chi connectivity index (χ4n) is 11.1. The van der Waals surface area contributed by atoms with Gasteiger partial charge >= 0.3 is 29.8 Å². The summed E-state index contributed by atoms with van der Waals surface area (Å²) in [5.41, 5.74) is -0.127. The van der Waals surface area contributed by atoms with E-state index < -0.39 is 127 Å². The van der Waals surface area contributed by atoms with E-state index in [4.69, 9.17) is 52.1 Å². The number of esters is 5. The molecule has 1 aromatic carbocycles. The van der Waals surface area contributed by atoms with Crippen LogP contribution in [0.2, 0.25) is 0 Å². The van der Waals surface area contributed by atoms with E-state index >= 15 is 0 Å². The summed E-state index contributed by atoms with van der Waals surface area (Å²) in [4.78, 5) is 69.6. The third-order valence-corrected chi connectivity index (χ3v) is 14.6. The Bertz CT molecular complexity index is 1870. The van der Waals surface area contributed by atoms with Gasteiger partial charge in [-0.15, -0.1) is 0 Å². The SMILES string of the molecule is CCC(=O)O[C@@H]1CC(=O)O[C@H](C)CCN(CCCc2ccccc2)C[C@H](OC(C)=O)[C@H](C)C[C@H](CC(OC)OC)[C@H]([C@@H]2O[C@H](C)[C@@H](O[C@@H]3C[C@@](C)(OC(C)=O)[C@@H](OC(=O)CC)[C@H](C)O3)[C@H](N(C)C)[C@H]2O)[C@@H]1OC. The summed E-state index contributed by atoms with van der Waals surface area (Å²) >= 11 is 0. The first-order valence-electron chi connectivity index (χ1n) is 26.2. The van der Waals surface area contributed by atoms with Crippen molar-refractivity contribution in [1.29, 1.82) is 0 Å². The highest BCUT2D eigenvalue weighted by Gasteiger charge is 2.56. The van der Waals surface area contributed by atoms with Crippen LogP contribution in [-0.4, -0.2) is 185 Å². The number of hydrogen-bond acceptors (Lipinski definition) is 19. The van der Waals surface area contributed by atoms with Crippen LogP contribution in [0.1, 0.15) is 119 Å². The van der Waals surface area contributed by atoms with Gasteiger partial charge in [0.1, 0.15) is 30.5 Å². The van der Waals surface area contributed by atoms with Crippen LogP contribution in [-0.2, 0) is 82.5 Å². The van der Waals surface area contributed by atoms with Crippen molar-refractivity contribution < 1.29 is 81.2 Å². The van der Waals surface area contributed by atoms with Crippen LogP contribution < -0.4 is 0 Å². The van der Waals surface area contributed by atoms with E-state index in [2.05, 4.69) is 17.0 Å². The first-order chi connectivity index (χ1) is 34.6. The molecule has 0 bridgehead atoms. The van der Waals surface area contributed by atoms with Crippen molar-refractivity contribution in [3.05, 3.63) is 35.9 Å². The largest absolute Gasteiger partial charge is 0.463 e. The molecular formula is C54H88N2O17. The van der Waals surface area contributed by atoms with Crippen molar-refractivity contribution in [1.82, 2.24) is 9.80 Å². The molecule has 0 saturated carbocycles. The molecule has 16 atom stereocenters. The van der Waals surface area contributed by atoms with E-state index in [1.165, 1.54) is 40.7 Å². The van der Waals surface area contributed by atoms with E-state index in [1.54, 1.807) is 41.8 Å². The highest BCUT2D eigenvalue weighted by atomic mass is 16.7. The number of cyclic esters (lactones) is 1. The molecule has 3 aliphatic heterocycles. The third-order valence-electron chi connectivity index (χ3n) is 14.6. The second-order valence-electron chi connectivity index (χ2n) is 20.6. The number of methoxy groups -OCH3 is 3. The molecule has 3 fully saturated rings. The van der Waals surface area contributed by atoms with E-state index in [0.29, 0.717) is 32.5 Å². The topological polar surface area (TPSA) is 214 Å². The maximum Gasteiger partial charge on any atom is 0.309 e. The zero-order valence-corrected chi connectivity index (χ0v) is 46.0. The third kappa shape index (κ3) is 17.9. The average Bonchev–Trinajstić information content (AvgIpc) is 3.32. The standard InChI is InChI=1S/C54H88N2O17/c1-15-42(59)70-40-29-44(61)66-33(4)24-26-56(25-20-23-38-21-18-17-19-22-38)31-41(69-36(7)57)32(3)27-39(28-45(63-12)64-13)47(51(40)65-14)52-49(62)48(55(10)11)50(34(5)68-52)72-46-30-54(9,73-37(8)58)53(35(6)67-46)71-43(60)16-2/h17-19,21-22,32-35,39-41,45-53,62H,15-16,20,23-31H2,1-14H3/t32-,33-,34-,35+,39-,40-,41+,46-,47+,48-,49-,50-,51-,52+,53+,54-/m1/s1. The van der Waals surface area contributed by atoms with Gasteiger partial charge in [-0.3, -0.25) is 28.9 Å². The molecule has 0 aromatic heterocycles. The van der Waals surface area contributed by atoms with Crippen molar-refractivity contribution in [2.75, 3.05) is 55.1 Å². The number of aliphatic hydroxyl groups is 1. The molecule has 19 nitrogen and oxygen atoms in total. The summed E-state index contributed by atoms with van der Waals surface area (Å²) in [6.45, 7) is 16.7.